The van der Waals surface area contributed by atoms with E-state index >= 15 is 0 Å². The molecule has 1 aliphatic heterocycles. The summed E-state index contributed by atoms with van der Waals surface area (Å²) in [6, 6.07) is 11.4. The standard InChI is InChI=1S/C22H24F3N3O4S/c1-15(29)26-19-8-7-18(22(23,24)25)13-20(19)27-21(30)17-9-11-28(12-10-17)33(31,32)14-16-5-3-2-4-6-16/h2-8,13,17H,9-12,14H2,1H3,(H,26,29)(H,27,30). The van der Waals surface area contributed by atoms with Gasteiger partial charge in [-0.2, -0.15) is 13.2 Å². The number of carbonyl (C=O) groups is 2. The zero-order valence-electron chi connectivity index (χ0n) is 17.9. The van der Waals surface area contributed by atoms with E-state index in [-0.39, 0.29) is 43.1 Å². The first-order valence-electron chi connectivity index (χ1n) is 10.3. The van der Waals surface area contributed by atoms with E-state index in [1.165, 1.54) is 11.2 Å². The van der Waals surface area contributed by atoms with Gasteiger partial charge in [-0.15, -0.1) is 0 Å². The normalized spacial score (nSPS) is 15.8. The molecule has 1 heterocycles. The second-order valence-corrected chi connectivity index (χ2v) is 9.81. The molecule has 1 aliphatic rings. The molecule has 33 heavy (non-hydrogen) atoms. The predicted octanol–water partition coefficient (Wildman–Crippen LogP) is 3.84. The molecule has 0 aromatic heterocycles. The molecule has 0 aliphatic carbocycles. The second kappa shape index (κ2) is 9.92. The zero-order chi connectivity index (χ0) is 24.2. The topological polar surface area (TPSA) is 95.6 Å². The highest BCUT2D eigenvalue weighted by molar-refractivity contribution is 7.88. The molecule has 0 radical (unpaired) electrons. The molecule has 1 saturated heterocycles. The highest BCUT2D eigenvalue weighted by atomic mass is 32.2. The Morgan fingerprint density at radius 2 is 1.64 bits per heavy atom. The summed E-state index contributed by atoms with van der Waals surface area (Å²) in [7, 11) is -3.56. The van der Waals surface area contributed by atoms with Gasteiger partial charge in [-0.25, -0.2) is 12.7 Å². The van der Waals surface area contributed by atoms with Crippen molar-refractivity contribution in [2.24, 2.45) is 5.92 Å². The van der Waals surface area contributed by atoms with E-state index in [1.54, 1.807) is 30.3 Å². The van der Waals surface area contributed by atoms with Gasteiger partial charge in [-0.3, -0.25) is 9.59 Å². The van der Waals surface area contributed by atoms with E-state index in [4.69, 9.17) is 0 Å². The number of amides is 2. The number of nitrogens with one attached hydrogen (secondary N) is 2. The Balaban J connectivity index is 1.67. The number of halogens is 3. The number of benzene rings is 2. The third-order valence-electron chi connectivity index (χ3n) is 5.33. The first kappa shape index (κ1) is 24.7. The van der Waals surface area contributed by atoms with Crippen LogP contribution in [0.25, 0.3) is 0 Å². The molecule has 2 amide bonds. The van der Waals surface area contributed by atoms with Gasteiger partial charge >= 0.3 is 6.18 Å². The summed E-state index contributed by atoms with van der Waals surface area (Å²) < 4.78 is 66.0. The van der Waals surface area contributed by atoms with Gasteiger partial charge in [0.25, 0.3) is 0 Å². The smallest absolute Gasteiger partial charge is 0.325 e. The summed E-state index contributed by atoms with van der Waals surface area (Å²) in [4.78, 5) is 24.1. The molecule has 11 heteroatoms. The third-order valence-corrected chi connectivity index (χ3v) is 7.18. The molecule has 2 aromatic carbocycles. The summed E-state index contributed by atoms with van der Waals surface area (Å²) in [6.45, 7) is 1.47. The Morgan fingerprint density at radius 1 is 1.00 bits per heavy atom. The first-order chi connectivity index (χ1) is 15.5. The number of rotatable bonds is 6. The van der Waals surface area contributed by atoms with Crippen LogP contribution in [0.4, 0.5) is 24.5 Å². The summed E-state index contributed by atoms with van der Waals surface area (Å²) in [5.74, 6) is -1.74. The largest absolute Gasteiger partial charge is 0.416 e. The van der Waals surface area contributed by atoms with Gasteiger partial charge < -0.3 is 10.6 Å². The van der Waals surface area contributed by atoms with Gasteiger partial charge in [0.2, 0.25) is 21.8 Å². The second-order valence-electron chi connectivity index (χ2n) is 7.84. The van der Waals surface area contributed by atoms with Gasteiger partial charge in [-0.05, 0) is 36.6 Å². The van der Waals surface area contributed by atoms with Crippen molar-refractivity contribution < 1.29 is 31.2 Å². The van der Waals surface area contributed by atoms with Crippen LogP contribution in [0.1, 0.15) is 30.9 Å². The van der Waals surface area contributed by atoms with E-state index in [0.717, 1.165) is 18.2 Å². The molecule has 1 fully saturated rings. The zero-order valence-corrected chi connectivity index (χ0v) is 18.7. The summed E-state index contributed by atoms with van der Waals surface area (Å²) in [5, 5.41) is 4.87. The van der Waals surface area contributed by atoms with Crippen LogP contribution in [0.15, 0.2) is 48.5 Å². The van der Waals surface area contributed by atoms with Gasteiger partial charge in [0.1, 0.15) is 0 Å². The lowest BCUT2D eigenvalue weighted by atomic mass is 9.97. The number of piperidine rings is 1. The van der Waals surface area contributed by atoms with Gasteiger partial charge in [-0.1, -0.05) is 30.3 Å². The summed E-state index contributed by atoms with van der Waals surface area (Å²) in [5.41, 5.74) is -0.419. The molecule has 2 N–H and O–H groups in total. The van der Waals surface area contributed by atoms with Crippen molar-refractivity contribution in [1.82, 2.24) is 4.31 Å². The molecule has 178 valence electrons. The van der Waals surface area contributed by atoms with Crippen LogP contribution in [0.2, 0.25) is 0 Å². The van der Waals surface area contributed by atoms with E-state index in [0.29, 0.717) is 5.56 Å². The Kier molecular flexibility index (Phi) is 7.43. The lowest BCUT2D eigenvalue weighted by Crippen LogP contribution is -2.42. The predicted molar refractivity (Wildman–Crippen MR) is 118 cm³/mol. The molecule has 0 spiro atoms. The van der Waals surface area contributed by atoms with E-state index in [1.807, 2.05) is 0 Å². The maximum absolute atomic E-state index is 13.1. The number of hydrogen-bond acceptors (Lipinski definition) is 4. The highest BCUT2D eigenvalue weighted by Crippen LogP contribution is 2.34. The average molecular weight is 484 g/mol. The van der Waals surface area contributed by atoms with Crippen molar-refractivity contribution in [1.29, 1.82) is 0 Å². The van der Waals surface area contributed by atoms with Crippen LogP contribution in [0.3, 0.4) is 0 Å². The number of nitrogens with zero attached hydrogens (tertiary/aromatic N) is 1. The molecule has 0 bridgehead atoms. The minimum Gasteiger partial charge on any atom is -0.325 e. The molecule has 0 unspecified atom stereocenters. The van der Waals surface area contributed by atoms with Crippen LogP contribution in [-0.4, -0.2) is 37.6 Å². The van der Waals surface area contributed by atoms with Crippen molar-refractivity contribution in [2.75, 3.05) is 23.7 Å². The number of hydrogen-bond donors (Lipinski definition) is 2. The maximum atomic E-state index is 13.1. The number of anilines is 2. The van der Waals surface area contributed by atoms with Crippen LogP contribution in [-0.2, 0) is 31.5 Å². The highest BCUT2D eigenvalue weighted by Gasteiger charge is 2.33. The average Bonchev–Trinajstić information content (AvgIpc) is 2.74. The van der Waals surface area contributed by atoms with E-state index in [2.05, 4.69) is 10.6 Å². The summed E-state index contributed by atoms with van der Waals surface area (Å²) >= 11 is 0. The third kappa shape index (κ3) is 6.55. The van der Waals surface area contributed by atoms with Crippen LogP contribution >= 0.6 is 0 Å². The van der Waals surface area contributed by atoms with Crippen molar-refractivity contribution in [3.63, 3.8) is 0 Å². The number of alkyl halides is 3. The molecule has 2 aromatic rings. The van der Waals surface area contributed by atoms with Crippen molar-refractivity contribution in [3.8, 4) is 0 Å². The molecule has 0 atom stereocenters. The van der Waals surface area contributed by atoms with Crippen molar-refractivity contribution in [2.45, 2.75) is 31.7 Å². The van der Waals surface area contributed by atoms with Gasteiger partial charge in [0, 0.05) is 25.9 Å². The fraction of sp³-hybridized carbons (Fsp3) is 0.364. The number of carbonyl (C=O) groups excluding carboxylic acids is 2. The fourth-order valence-electron chi connectivity index (χ4n) is 3.63. The lowest BCUT2D eigenvalue weighted by molar-refractivity contribution is -0.137. The number of sulfonamides is 1. The molecule has 0 saturated carbocycles. The van der Waals surface area contributed by atoms with E-state index in [9.17, 15) is 31.2 Å². The minimum absolute atomic E-state index is 0.0479. The quantitative estimate of drug-likeness (QED) is 0.653. The molecular formula is C22H24F3N3O4S. The Labute approximate surface area is 190 Å². The Bertz CT molecular complexity index is 1110. The minimum atomic E-state index is -4.62. The molecular weight excluding hydrogens is 459 g/mol. The van der Waals surface area contributed by atoms with E-state index < -0.39 is 39.5 Å². The maximum Gasteiger partial charge on any atom is 0.416 e. The van der Waals surface area contributed by atoms with Gasteiger partial charge in [0.05, 0.1) is 22.7 Å². The van der Waals surface area contributed by atoms with Crippen molar-refractivity contribution >= 4 is 33.2 Å². The SMILES string of the molecule is CC(=O)Nc1ccc(C(F)(F)F)cc1NC(=O)C1CCN(S(=O)(=O)Cc2ccccc2)CC1. The van der Waals surface area contributed by atoms with Crippen LogP contribution < -0.4 is 10.6 Å². The monoisotopic (exact) mass is 483 g/mol. The summed E-state index contributed by atoms with van der Waals surface area (Å²) in [6.07, 6.45) is -4.16. The van der Waals surface area contributed by atoms with Crippen LogP contribution in [0.5, 0.6) is 0 Å². The van der Waals surface area contributed by atoms with Crippen molar-refractivity contribution in [3.05, 3.63) is 59.7 Å². The Hall–Kier alpha value is -2.92. The van der Waals surface area contributed by atoms with Gasteiger partial charge in [0.15, 0.2) is 0 Å². The Morgan fingerprint density at radius 3 is 2.21 bits per heavy atom. The van der Waals surface area contributed by atoms with Crippen LogP contribution in [0, 0.1) is 5.92 Å². The fourth-order valence-corrected chi connectivity index (χ4v) is 5.19. The first-order valence-corrected chi connectivity index (χ1v) is 11.9. The lowest BCUT2D eigenvalue weighted by Gasteiger charge is -2.30. The molecule has 7 nitrogen and oxygen atoms in total. The molecule has 3 rings (SSSR count).